The first-order valence-corrected chi connectivity index (χ1v) is 21.4. The van der Waals surface area contributed by atoms with Crippen LogP contribution in [0.25, 0.3) is 11.2 Å². The van der Waals surface area contributed by atoms with Gasteiger partial charge in [0.05, 0.1) is 51.1 Å². The number of fused-ring (bicyclic) bond motifs is 1. The molecule has 2 aliphatic rings. The van der Waals surface area contributed by atoms with Crippen molar-refractivity contribution in [3.63, 3.8) is 0 Å². The molecule has 0 saturated carbocycles. The molecule has 59 heavy (non-hydrogen) atoms. The second-order valence-electron chi connectivity index (χ2n) is 12.4. The van der Waals surface area contributed by atoms with Gasteiger partial charge in [-0.25, -0.2) is 28.5 Å². The number of aromatic amines is 1. The third-order valence-electron chi connectivity index (χ3n) is 8.58. The highest BCUT2D eigenvalue weighted by Crippen LogP contribution is 2.58. The van der Waals surface area contributed by atoms with Crippen LogP contribution in [0.5, 0.6) is 0 Å². The Labute approximate surface area is 336 Å². The highest BCUT2D eigenvalue weighted by molar-refractivity contribution is 8.07. The zero-order chi connectivity index (χ0) is 42.3. The zero-order valence-corrected chi connectivity index (χ0v) is 32.8. The van der Waals surface area contributed by atoms with Crippen molar-refractivity contribution < 1.29 is 60.6 Å². The maximum Gasteiger partial charge on any atom is 0.570 e. The van der Waals surface area contributed by atoms with Crippen LogP contribution < -0.4 is 16.6 Å². The van der Waals surface area contributed by atoms with Crippen molar-refractivity contribution in [1.29, 1.82) is 10.5 Å². The van der Waals surface area contributed by atoms with E-state index in [1.54, 1.807) is 36.4 Å². The number of benzene rings is 1. The van der Waals surface area contributed by atoms with E-state index in [1.807, 2.05) is 11.1 Å². The van der Waals surface area contributed by atoms with Gasteiger partial charge in [0.2, 0.25) is 0 Å². The second kappa shape index (κ2) is 19.2. The maximum absolute atomic E-state index is 16.6. The van der Waals surface area contributed by atoms with E-state index in [2.05, 4.69) is 20.3 Å². The largest absolute Gasteiger partial charge is 0.570 e. The molecule has 4 aromatic rings. The number of aliphatic hydroxyl groups excluding tert-OH is 1. The number of ether oxygens (including phenoxy) is 2. The van der Waals surface area contributed by atoms with E-state index < -0.39 is 108 Å². The molecule has 2 fully saturated rings. The van der Waals surface area contributed by atoms with E-state index in [-0.39, 0.29) is 29.8 Å². The first-order valence-electron chi connectivity index (χ1n) is 17.3. The number of hydrogen-bond acceptors (Lipinski definition) is 19. The number of nitrogens with zero attached hydrogens (tertiary/aromatic N) is 7. The van der Waals surface area contributed by atoms with Gasteiger partial charge in [0, 0.05) is 17.8 Å². The SMILES string of the molecule is N#CCCOP(=S)(OC[C@@H]1O[C@H](n2cnc3c(NC(=O)c4ccccc4)ncnc32)C(F)C1O[P+](O)(O)OCCC#N)OC1[C@H](F)[C@H](CO)O[C@@H]1n1ccc(=O)[nH]c1=O. The van der Waals surface area contributed by atoms with Crippen LogP contribution in [0.15, 0.2) is 64.8 Å². The van der Waals surface area contributed by atoms with E-state index in [0.717, 1.165) is 34.1 Å². The van der Waals surface area contributed by atoms with Crippen LogP contribution in [0.4, 0.5) is 14.6 Å². The molecule has 0 spiro atoms. The lowest BCUT2D eigenvalue weighted by molar-refractivity contribution is -0.0602. The van der Waals surface area contributed by atoms with Gasteiger partial charge in [-0.05, 0) is 23.9 Å². The molecular weight excluding hydrogens is 850 g/mol. The minimum absolute atomic E-state index is 0.0161. The molecular formula is C32H34F2N9O13P2S+. The average molecular weight is 885 g/mol. The summed E-state index contributed by atoms with van der Waals surface area (Å²) in [5.74, 6) is -0.568. The van der Waals surface area contributed by atoms with Gasteiger partial charge in [0.15, 0.2) is 47.9 Å². The zero-order valence-electron chi connectivity index (χ0n) is 30.2. The van der Waals surface area contributed by atoms with Crippen LogP contribution in [0, 0.1) is 22.7 Å². The van der Waals surface area contributed by atoms with Gasteiger partial charge < -0.3 is 28.9 Å². The number of imidazole rings is 1. The number of rotatable bonds is 18. The van der Waals surface area contributed by atoms with Gasteiger partial charge in [-0.2, -0.15) is 24.8 Å². The second-order valence-corrected chi connectivity index (χ2v) is 16.9. The molecule has 9 atom stereocenters. The molecule has 2 aliphatic heterocycles. The number of H-pyrrole nitrogens is 1. The Hall–Kier alpha value is -4.56. The lowest BCUT2D eigenvalue weighted by Crippen LogP contribution is -2.38. The van der Waals surface area contributed by atoms with Crippen molar-refractivity contribution in [3.8, 4) is 12.1 Å². The van der Waals surface area contributed by atoms with Crippen molar-refractivity contribution in [3.05, 3.63) is 81.7 Å². The van der Waals surface area contributed by atoms with Crippen molar-refractivity contribution in [2.75, 3.05) is 31.7 Å². The molecule has 3 aromatic heterocycles. The summed E-state index contributed by atoms with van der Waals surface area (Å²) in [5.41, 5.74) is -1.52. The Morgan fingerprint density at radius 1 is 0.983 bits per heavy atom. The van der Waals surface area contributed by atoms with Crippen LogP contribution in [-0.4, -0.2) is 113 Å². The molecule has 314 valence electrons. The molecule has 5 N–H and O–H groups in total. The molecule has 1 aromatic carbocycles. The van der Waals surface area contributed by atoms with E-state index in [9.17, 15) is 29.3 Å². The smallest absolute Gasteiger partial charge is 0.394 e. The van der Waals surface area contributed by atoms with Gasteiger partial charge >= 0.3 is 20.6 Å². The molecule has 2 saturated heterocycles. The van der Waals surface area contributed by atoms with E-state index in [4.69, 9.17) is 54.4 Å². The predicted octanol–water partition coefficient (Wildman–Crippen LogP) is 1.63. The molecule has 0 radical (unpaired) electrons. The molecule has 4 unspecified atom stereocenters. The van der Waals surface area contributed by atoms with Crippen molar-refractivity contribution >= 4 is 49.6 Å². The number of alkyl halides is 2. The minimum Gasteiger partial charge on any atom is -0.394 e. The molecule has 0 aliphatic carbocycles. The van der Waals surface area contributed by atoms with Crippen LogP contribution >= 0.6 is 14.9 Å². The molecule has 0 bridgehead atoms. The van der Waals surface area contributed by atoms with Gasteiger partial charge in [-0.1, -0.05) is 18.2 Å². The molecule has 22 nitrogen and oxygen atoms in total. The van der Waals surface area contributed by atoms with Gasteiger partial charge in [0.25, 0.3) is 11.5 Å². The average Bonchev–Trinajstić information content (AvgIpc) is 3.87. The van der Waals surface area contributed by atoms with Crippen LogP contribution in [0.3, 0.4) is 0 Å². The Kier molecular flexibility index (Phi) is 14.3. The summed E-state index contributed by atoms with van der Waals surface area (Å²) in [4.78, 5) is 73.0. The monoisotopic (exact) mass is 884 g/mol. The van der Waals surface area contributed by atoms with Crippen LogP contribution in [0.1, 0.15) is 35.7 Å². The number of amides is 1. The predicted molar refractivity (Wildman–Crippen MR) is 199 cm³/mol. The fraction of sp³-hybridized carbons (Fsp3) is 0.438. The summed E-state index contributed by atoms with van der Waals surface area (Å²) in [6.45, 7) is -6.96. The number of hydrogen-bond donors (Lipinski definition) is 5. The van der Waals surface area contributed by atoms with Gasteiger partial charge in [-0.15, -0.1) is 4.52 Å². The quantitative estimate of drug-likeness (QED) is 0.0700. The molecule has 6 rings (SSSR count). The normalized spacial score (nSPS) is 25.3. The lowest BCUT2D eigenvalue weighted by Gasteiger charge is -2.29. The summed E-state index contributed by atoms with van der Waals surface area (Å²) >= 11 is 5.58. The molecule has 1 amide bonds. The van der Waals surface area contributed by atoms with E-state index in [0.29, 0.717) is 5.56 Å². The maximum atomic E-state index is 16.6. The summed E-state index contributed by atoms with van der Waals surface area (Å²) < 4.78 is 73.5. The minimum atomic E-state index is -4.87. The van der Waals surface area contributed by atoms with Gasteiger partial charge in [0.1, 0.15) is 31.2 Å². The topological polar surface area (TPSA) is 300 Å². The first-order chi connectivity index (χ1) is 28.3. The first kappa shape index (κ1) is 44.0. The number of aliphatic hydroxyl groups is 1. The summed E-state index contributed by atoms with van der Waals surface area (Å²) in [6, 6.07) is 12.7. The Morgan fingerprint density at radius 3 is 2.42 bits per heavy atom. The number of carbonyl (C=O) groups excluding carboxylic acids is 1. The Bertz CT molecular complexity index is 2370. The number of nitrogens with one attached hydrogen (secondary N) is 2. The van der Waals surface area contributed by atoms with Crippen LogP contribution in [-0.2, 0) is 43.9 Å². The Balaban J connectivity index is 1.29. The van der Waals surface area contributed by atoms with Crippen LogP contribution in [0.2, 0.25) is 0 Å². The summed E-state index contributed by atoms with van der Waals surface area (Å²) in [7, 11) is -4.87. The van der Waals surface area contributed by atoms with Crippen molar-refractivity contribution in [1.82, 2.24) is 29.1 Å². The highest BCUT2D eigenvalue weighted by Gasteiger charge is 2.57. The van der Waals surface area contributed by atoms with Crippen molar-refractivity contribution in [2.45, 2.75) is 62.1 Å². The summed E-state index contributed by atoms with van der Waals surface area (Å²) in [6.07, 6.45) is -12.2. The molecule has 5 heterocycles. The molecule has 27 heteroatoms. The number of halogens is 2. The third kappa shape index (κ3) is 10.3. The van der Waals surface area contributed by atoms with E-state index in [1.165, 1.54) is 0 Å². The Morgan fingerprint density at radius 2 is 1.71 bits per heavy atom. The standard InChI is InChI=1S/C32H33F2N9O13P2S/c33-22-19(14-44)53-31(42-11-8-21(45)40-32(42)47)26(22)56-58(59,51-13-5-10-36)52-15-20-25(55-57(48,49)50-12-4-9-35)23(34)30(54-20)43-17-39-24-27(37-16-38-28(24)43)41-29(46)18-6-2-1-3-7-18/h1-3,6-8,11,16-17,19-20,22-23,25-26,30-31,44,48-49H,4-5,12-15H2,(H-,37,38,40,41,45,46,47)/p+1/t19-,20-,22+,23?,25?,26?,30-,31-,58?/m0/s1. The van der Waals surface area contributed by atoms with E-state index >= 15 is 8.78 Å². The van der Waals surface area contributed by atoms with Gasteiger partial charge in [-0.3, -0.25) is 28.2 Å². The fourth-order valence-electron chi connectivity index (χ4n) is 5.90. The lowest BCUT2D eigenvalue weighted by atomic mass is 10.1. The third-order valence-corrected chi connectivity index (χ3v) is 12.0. The summed E-state index contributed by atoms with van der Waals surface area (Å²) in [5, 5.41) is 30.4. The fourth-order valence-corrected chi connectivity index (χ4v) is 8.92. The van der Waals surface area contributed by atoms with Crippen molar-refractivity contribution in [2.24, 2.45) is 0 Å². The number of aromatic nitrogens is 6. The number of anilines is 1. The highest BCUT2D eigenvalue weighted by atomic mass is 32.5. The number of nitriles is 2. The number of carbonyl (C=O) groups is 1.